The Labute approximate surface area is 113 Å². The molecule has 0 atom stereocenters. The molecular weight excluding hydrogens is 243 g/mol. The van der Waals surface area contributed by atoms with Gasteiger partial charge in [-0.3, -0.25) is 4.79 Å². The summed E-state index contributed by atoms with van der Waals surface area (Å²) in [5, 5.41) is 2.72. The van der Waals surface area contributed by atoms with Gasteiger partial charge in [-0.1, -0.05) is 6.92 Å². The topological polar surface area (TPSA) is 32.3 Å². The molecule has 1 aliphatic heterocycles. The lowest BCUT2D eigenvalue weighted by atomic mass is 10.1. The molecule has 104 valence electrons. The number of carbonyl (C=O) groups excluding carboxylic acids is 1. The van der Waals surface area contributed by atoms with Crippen LogP contribution in [-0.4, -0.2) is 19.0 Å². The van der Waals surface area contributed by atoms with Crippen molar-refractivity contribution in [1.82, 2.24) is 0 Å². The van der Waals surface area contributed by atoms with Crippen LogP contribution in [-0.2, 0) is 4.79 Å². The van der Waals surface area contributed by atoms with Gasteiger partial charge in [-0.15, -0.1) is 0 Å². The van der Waals surface area contributed by atoms with Gasteiger partial charge < -0.3 is 10.2 Å². The molecule has 1 aromatic carbocycles. The maximum absolute atomic E-state index is 14.1. The minimum absolute atomic E-state index is 0.0624. The number of anilines is 2. The number of nitrogens with zero attached hydrogens (tertiary/aromatic N) is 1. The van der Waals surface area contributed by atoms with E-state index < -0.39 is 0 Å². The van der Waals surface area contributed by atoms with Gasteiger partial charge in [0.25, 0.3) is 0 Å². The van der Waals surface area contributed by atoms with Gasteiger partial charge in [-0.25, -0.2) is 4.39 Å². The van der Waals surface area contributed by atoms with Crippen molar-refractivity contribution in [2.45, 2.75) is 39.0 Å². The monoisotopic (exact) mass is 264 g/mol. The summed E-state index contributed by atoms with van der Waals surface area (Å²) in [6.07, 6.45) is 4.72. The molecule has 1 aromatic rings. The van der Waals surface area contributed by atoms with Crippen LogP contribution in [0.4, 0.5) is 15.8 Å². The highest BCUT2D eigenvalue weighted by molar-refractivity contribution is 5.90. The van der Waals surface area contributed by atoms with E-state index in [1.165, 1.54) is 12.5 Å². The van der Waals surface area contributed by atoms with Gasteiger partial charge in [0.05, 0.1) is 5.69 Å². The van der Waals surface area contributed by atoms with Crippen LogP contribution in [0.3, 0.4) is 0 Å². The fraction of sp³-hybridized carbons (Fsp3) is 0.533. The van der Waals surface area contributed by atoms with E-state index in [0.29, 0.717) is 17.8 Å². The quantitative estimate of drug-likeness (QED) is 0.902. The van der Waals surface area contributed by atoms with E-state index in [2.05, 4.69) is 10.2 Å². The summed E-state index contributed by atoms with van der Waals surface area (Å²) in [5.74, 6) is -0.316. The van der Waals surface area contributed by atoms with E-state index in [1.54, 1.807) is 12.1 Å². The number of benzene rings is 1. The molecular formula is C15H21FN2O. The standard InChI is InChI=1S/C15H21FN2O/c1-2-6-15(19)17-12-7-8-14(13(16)11-12)18-9-4-3-5-10-18/h7-8,11H,2-6,9-10H2,1H3,(H,17,19). The van der Waals surface area contributed by atoms with Gasteiger partial charge in [0, 0.05) is 25.2 Å². The van der Waals surface area contributed by atoms with Gasteiger partial charge >= 0.3 is 0 Å². The largest absolute Gasteiger partial charge is 0.369 e. The Bertz CT molecular complexity index is 442. The SMILES string of the molecule is CCCC(=O)Nc1ccc(N2CCCCC2)c(F)c1. The second-order valence-corrected chi connectivity index (χ2v) is 5.01. The Kier molecular flexibility index (Phi) is 4.77. The number of piperidine rings is 1. The predicted octanol–water partition coefficient (Wildman–Crippen LogP) is 3.55. The number of carbonyl (C=O) groups is 1. The number of amides is 1. The average Bonchev–Trinajstić information content (AvgIpc) is 2.40. The molecule has 0 spiro atoms. The maximum atomic E-state index is 14.1. The van der Waals surface area contributed by atoms with Crippen LogP contribution < -0.4 is 10.2 Å². The molecule has 0 unspecified atom stereocenters. The van der Waals surface area contributed by atoms with Crippen molar-refractivity contribution in [3.63, 3.8) is 0 Å². The fourth-order valence-electron chi connectivity index (χ4n) is 2.43. The summed E-state index contributed by atoms with van der Waals surface area (Å²) in [7, 11) is 0. The predicted molar refractivity (Wildman–Crippen MR) is 76.0 cm³/mol. The number of rotatable bonds is 4. The van der Waals surface area contributed by atoms with Gasteiger partial charge in [-0.05, 0) is 43.9 Å². The lowest BCUT2D eigenvalue weighted by Gasteiger charge is -2.29. The lowest BCUT2D eigenvalue weighted by molar-refractivity contribution is -0.116. The highest BCUT2D eigenvalue weighted by atomic mass is 19.1. The van der Waals surface area contributed by atoms with Gasteiger partial charge in [0.1, 0.15) is 5.82 Å². The number of nitrogens with one attached hydrogen (secondary N) is 1. The van der Waals surface area contributed by atoms with E-state index in [4.69, 9.17) is 0 Å². The molecule has 0 aromatic heterocycles. The molecule has 1 N–H and O–H groups in total. The van der Waals surface area contributed by atoms with Crippen LogP contribution in [0, 0.1) is 5.82 Å². The third-order valence-electron chi connectivity index (χ3n) is 3.41. The zero-order chi connectivity index (χ0) is 13.7. The summed E-state index contributed by atoms with van der Waals surface area (Å²) in [6.45, 7) is 3.77. The van der Waals surface area contributed by atoms with Crippen LogP contribution in [0.25, 0.3) is 0 Å². The summed E-state index contributed by atoms with van der Waals surface area (Å²) >= 11 is 0. The van der Waals surface area contributed by atoms with Crippen molar-refractivity contribution in [2.75, 3.05) is 23.3 Å². The molecule has 1 saturated heterocycles. The van der Waals surface area contributed by atoms with Crippen LogP contribution in [0.2, 0.25) is 0 Å². The number of hydrogen-bond acceptors (Lipinski definition) is 2. The Balaban J connectivity index is 2.06. The van der Waals surface area contributed by atoms with Gasteiger partial charge in [0.2, 0.25) is 5.91 Å². The lowest BCUT2D eigenvalue weighted by Crippen LogP contribution is -2.30. The molecule has 0 radical (unpaired) electrons. The first-order chi connectivity index (χ1) is 9.20. The Hall–Kier alpha value is -1.58. The third kappa shape index (κ3) is 3.69. The van der Waals surface area contributed by atoms with Crippen molar-refractivity contribution < 1.29 is 9.18 Å². The van der Waals surface area contributed by atoms with Crippen LogP contribution >= 0.6 is 0 Å². The van der Waals surface area contributed by atoms with Crippen LogP contribution in [0.1, 0.15) is 39.0 Å². The van der Waals surface area contributed by atoms with Crippen LogP contribution in [0.15, 0.2) is 18.2 Å². The molecule has 19 heavy (non-hydrogen) atoms. The first-order valence-electron chi connectivity index (χ1n) is 7.05. The highest BCUT2D eigenvalue weighted by Crippen LogP contribution is 2.25. The van der Waals surface area contributed by atoms with E-state index in [1.807, 2.05) is 6.92 Å². The fourth-order valence-corrected chi connectivity index (χ4v) is 2.43. The van der Waals surface area contributed by atoms with Crippen molar-refractivity contribution in [2.24, 2.45) is 0 Å². The Morgan fingerprint density at radius 1 is 1.32 bits per heavy atom. The second-order valence-electron chi connectivity index (χ2n) is 5.01. The first-order valence-corrected chi connectivity index (χ1v) is 7.05. The van der Waals surface area contributed by atoms with E-state index in [0.717, 1.165) is 32.4 Å². The molecule has 1 amide bonds. The third-order valence-corrected chi connectivity index (χ3v) is 3.41. The van der Waals surface area contributed by atoms with Crippen molar-refractivity contribution in [3.05, 3.63) is 24.0 Å². The summed E-state index contributed by atoms with van der Waals surface area (Å²) in [6, 6.07) is 4.96. The van der Waals surface area contributed by atoms with Gasteiger partial charge in [-0.2, -0.15) is 0 Å². The zero-order valence-corrected chi connectivity index (χ0v) is 11.4. The smallest absolute Gasteiger partial charge is 0.224 e. The molecule has 0 bridgehead atoms. The molecule has 4 heteroatoms. The number of halogens is 1. The van der Waals surface area contributed by atoms with E-state index >= 15 is 0 Å². The molecule has 3 nitrogen and oxygen atoms in total. The van der Waals surface area contributed by atoms with Crippen molar-refractivity contribution in [1.29, 1.82) is 0 Å². The minimum Gasteiger partial charge on any atom is -0.369 e. The van der Waals surface area contributed by atoms with E-state index in [-0.39, 0.29) is 11.7 Å². The summed E-state index contributed by atoms with van der Waals surface area (Å²) < 4.78 is 14.1. The Morgan fingerprint density at radius 3 is 2.68 bits per heavy atom. The minimum atomic E-state index is -0.254. The molecule has 0 saturated carbocycles. The number of hydrogen-bond donors (Lipinski definition) is 1. The summed E-state index contributed by atoms with van der Waals surface area (Å²) in [5.41, 5.74) is 1.19. The summed E-state index contributed by atoms with van der Waals surface area (Å²) in [4.78, 5) is 13.5. The first kappa shape index (κ1) is 13.8. The Morgan fingerprint density at radius 2 is 2.05 bits per heavy atom. The molecule has 1 heterocycles. The molecule has 1 aliphatic rings. The second kappa shape index (κ2) is 6.55. The van der Waals surface area contributed by atoms with Gasteiger partial charge in [0.15, 0.2) is 0 Å². The van der Waals surface area contributed by atoms with E-state index in [9.17, 15) is 9.18 Å². The maximum Gasteiger partial charge on any atom is 0.224 e. The average molecular weight is 264 g/mol. The highest BCUT2D eigenvalue weighted by Gasteiger charge is 2.15. The van der Waals surface area contributed by atoms with Crippen LogP contribution in [0.5, 0.6) is 0 Å². The van der Waals surface area contributed by atoms with Crippen molar-refractivity contribution >= 4 is 17.3 Å². The zero-order valence-electron chi connectivity index (χ0n) is 11.4. The van der Waals surface area contributed by atoms with Crippen molar-refractivity contribution in [3.8, 4) is 0 Å². The molecule has 1 fully saturated rings. The molecule has 0 aliphatic carbocycles. The normalized spacial score (nSPS) is 15.4. The molecule has 2 rings (SSSR count).